The topological polar surface area (TPSA) is 83.9 Å². The van der Waals surface area contributed by atoms with Crippen molar-refractivity contribution in [1.29, 1.82) is 0 Å². The normalized spacial score (nSPS) is 18.5. The van der Waals surface area contributed by atoms with E-state index in [9.17, 15) is 26.4 Å². The molecule has 3 rings (SSSR count). The predicted octanol–water partition coefficient (Wildman–Crippen LogP) is 5.62. The van der Waals surface area contributed by atoms with Crippen molar-refractivity contribution in [2.45, 2.75) is 42.4 Å². The van der Waals surface area contributed by atoms with Crippen molar-refractivity contribution in [1.82, 2.24) is 0 Å². The van der Waals surface area contributed by atoms with Crippen molar-refractivity contribution >= 4 is 38.9 Å². The highest BCUT2D eigenvalue weighted by atomic mass is 32.2. The van der Waals surface area contributed by atoms with Crippen molar-refractivity contribution in [3.63, 3.8) is 0 Å². The Morgan fingerprint density at radius 3 is 2.51 bits per heavy atom. The van der Waals surface area contributed by atoms with Gasteiger partial charge in [-0.05, 0) is 62.8 Å². The van der Waals surface area contributed by atoms with Gasteiger partial charge in [0.05, 0.1) is 27.1 Å². The zero-order valence-corrected chi connectivity index (χ0v) is 21.3. The summed E-state index contributed by atoms with van der Waals surface area (Å²) >= 11 is 1.30. The Hall–Kier alpha value is -2.40. The molecular weight excluding hydrogens is 503 g/mol. The summed E-state index contributed by atoms with van der Waals surface area (Å²) in [7, 11) is -3.91. The molecule has 0 saturated heterocycles. The Bertz CT molecular complexity index is 1170. The first kappa shape index (κ1) is 27.2. The van der Waals surface area contributed by atoms with Gasteiger partial charge in [0.1, 0.15) is 18.2 Å². The molecule has 0 unspecified atom stereocenters. The van der Waals surface area contributed by atoms with Crippen molar-refractivity contribution in [2.24, 2.45) is 11.8 Å². The summed E-state index contributed by atoms with van der Waals surface area (Å²) in [6.07, 6.45) is 1.30. The number of carbonyl (C=O) groups is 1. The average Bonchev–Trinajstić information content (AvgIpc) is 2.89. The summed E-state index contributed by atoms with van der Waals surface area (Å²) in [6, 6.07) is 8.55. The van der Waals surface area contributed by atoms with Gasteiger partial charge in [0.15, 0.2) is 9.84 Å². The lowest BCUT2D eigenvalue weighted by Gasteiger charge is -2.28. The minimum absolute atomic E-state index is 0.0106. The van der Waals surface area contributed by atoms with Crippen LogP contribution < -0.4 is 9.64 Å². The highest BCUT2D eigenvalue weighted by Gasteiger charge is 2.35. The van der Waals surface area contributed by atoms with Crippen molar-refractivity contribution < 1.29 is 36.2 Å². The Labute approximate surface area is 207 Å². The minimum atomic E-state index is -3.91. The van der Waals surface area contributed by atoms with Crippen LogP contribution in [0.3, 0.4) is 0 Å². The molecule has 0 aliphatic carbocycles. The Balaban J connectivity index is 2.11. The fraction of sp³-hybridized carbons (Fsp3) is 0.458. The Morgan fingerprint density at radius 2 is 1.94 bits per heavy atom. The van der Waals surface area contributed by atoms with E-state index in [0.717, 1.165) is 6.92 Å². The summed E-state index contributed by atoms with van der Waals surface area (Å²) in [5.74, 6) is -5.95. The van der Waals surface area contributed by atoms with Gasteiger partial charge in [-0.3, -0.25) is 4.79 Å². The third-order valence-electron chi connectivity index (χ3n) is 5.81. The summed E-state index contributed by atoms with van der Waals surface area (Å²) in [5.41, 5.74) is 0.864. The van der Waals surface area contributed by atoms with Crippen LogP contribution in [0.4, 0.5) is 24.5 Å². The molecule has 0 spiro atoms. The number of nitrogens with zero attached hydrogens (tertiary/aromatic N) is 1. The number of anilines is 2. The lowest BCUT2D eigenvalue weighted by molar-refractivity contribution is -0.142. The molecule has 1 aliphatic heterocycles. The van der Waals surface area contributed by atoms with Crippen LogP contribution in [0.2, 0.25) is 0 Å². The first-order valence-corrected chi connectivity index (χ1v) is 13.9. The maximum Gasteiger partial charge on any atom is 0.309 e. The van der Waals surface area contributed by atoms with E-state index in [1.807, 2.05) is 0 Å². The Morgan fingerprint density at radius 1 is 1.29 bits per heavy atom. The lowest BCUT2D eigenvalue weighted by atomic mass is 10.0. The van der Waals surface area contributed by atoms with E-state index in [1.165, 1.54) is 49.0 Å². The number of fused-ring (bicyclic) bond motifs is 1. The fourth-order valence-corrected chi connectivity index (χ4v) is 6.25. The van der Waals surface area contributed by atoms with Crippen LogP contribution >= 0.6 is 11.8 Å². The molecule has 35 heavy (non-hydrogen) atoms. The zero-order valence-electron chi connectivity index (χ0n) is 19.6. The van der Waals surface area contributed by atoms with E-state index in [1.54, 1.807) is 17.2 Å². The Kier molecular flexibility index (Phi) is 8.31. The van der Waals surface area contributed by atoms with Gasteiger partial charge in [0.2, 0.25) is 5.92 Å². The monoisotopic (exact) mass is 531 g/mol. The van der Waals surface area contributed by atoms with Gasteiger partial charge in [0, 0.05) is 24.7 Å². The van der Waals surface area contributed by atoms with Gasteiger partial charge in [0.25, 0.3) is 0 Å². The standard InChI is InChI=1S/C24H28F3NO5S2/c1-15(23(29)30)13-33-20-11-22-19(10-21(20)34-3)28(18-6-4-17(25)5-7-18)12-16(14-35(22,31)32)8-9-24(2,26)27/h4-7,10-11,15-16H,8-9,12-14H2,1-3H3,(H,29,30)/t15-,16-/m1/s1. The van der Waals surface area contributed by atoms with Gasteiger partial charge >= 0.3 is 5.97 Å². The van der Waals surface area contributed by atoms with Crippen LogP contribution in [0.15, 0.2) is 46.2 Å². The van der Waals surface area contributed by atoms with Crippen molar-refractivity contribution in [2.75, 3.05) is 30.1 Å². The fourth-order valence-electron chi connectivity index (χ4n) is 3.86. The number of sulfone groups is 1. The molecular formula is C24H28F3NO5S2. The van der Waals surface area contributed by atoms with Gasteiger partial charge in [-0.2, -0.15) is 0 Å². The van der Waals surface area contributed by atoms with E-state index in [4.69, 9.17) is 9.84 Å². The average molecular weight is 532 g/mol. The predicted molar refractivity (Wildman–Crippen MR) is 129 cm³/mol. The van der Waals surface area contributed by atoms with E-state index in [-0.39, 0.29) is 36.0 Å². The van der Waals surface area contributed by atoms with Crippen LogP contribution in [-0.4, -0.2) is 50.6 Å². The van der Waals surface area contributed by atoms with Crippen molar-refractivity contribution in [3.8, 4) is 5.75 Å². The highest BCUT2D eigenvalue weighted by Crippen LogP contribution is 2.43. The second kappa shape index (κ2) is 10.7. The largest absolute Gasteiger partial charge is 0.491 e. The van der Waals surface area contributed by atoms with Crippen LogP contribution in [-0.2, 0) is 14.6 Å². The molecule has 2 aromatic rings. The number of hydrogen-bond acceptors (Lipinski definition) is 6. The second-order valence-electron chi connectivity index (χ2n) is 8.86. The van der Waals surface area contributed by atoms with Gasteiger partial charge in [-0.15, -0.1) is 11.8 Å². The molecule has 0 radical (unpaired) electrons. The molecule has 0 aromatic heterocycles. The molecule has 0 fully saturated rings. The zero-order chi connectivity index (χ0) is 26.0. The third kappa shape index (κ3) is 6.84. The summed E-state index contributed by atoms with van der Waals surface area (Å²) in [5, 5.41) is 9.15. The number of aliphatic carboxylic acids is 1. The number of carboxylic acid groups (broad SMARTS) is 1. The number of alkyl halides is 2. The smallest absolute Gasteiger partial charge is 0.309 e. The molecule has 11 heteroatoms. The van der Waals surface area contributed by atoms with Gasteiger partial charge < -0.3 is 14.7 Å². The molecule has 1 heterocycles. The van der Waals surface area contributed by atoms with E-state index in [2.05, 4.69) is 0 Å². The van der Waals surface area contributed by atoms with E-state index >= 15 is 0 Å². The molecule has 2 atom stereocenters. The molecule has 1 aliphatic rings. The number of hydrogen-bond donors (Lipinski definition) is 1. The first-order valence-electron chi connectivity index (χ1n) is 11.0. The van der Waals surface area contributed by atoms with Crippen LogP contribution in [0.25, 0.3) is 0 Å². The summed E-state index contributed by atoms with van der Waals surface area (Å²) < 4.78 is 73.3. The van der Waals surface area contributed by atoms with Crippen LogP contribution in [0.5, 0.6) is 5.75 Å². The van der Waals surface area contributed by atoms with Crippen LogP contribution in [0, 0.1) is 17.7 Å². The van der Waals surface area contributed by atoms with E-state index < -0.39 is 45.8 Å². The third-order valence-corrected chi connectivity index (χ3v) is 8.47. The molecule has 0 amide bonds. The van der Waals surface area contributed by atoms with Crippen LogP contribution in [0.1, 0.15) is 26.7 Å². The maximum absolute atomic E-state index is 13.6. The maximum atomic E-state index is 13.6. The highest BCUT2D eigenvalue weighted by molar-refractivity contribution is 7.98. The summed E-state index contributed by atoms with van der Waals surface area (Å²) in [6.45, 7) is 2.28. The quantitative estimate of drug-likeness (QED) is 0.420. The summed E-state index contributed by atoms with van der Waals surface area (Å²) in [4.78, 5) is 13.4. The van der Waals surface area contributed by atoms with E-state index in [0.29, 0.717) is 16.3 Å². The van der Waals surface area contributed by atoms with Gasteiger partial charge in [-0.25, -0.2) is 21.6 Å². The molecule has 0 saturated carbocycles. The number of benzene rings is 2. The number of carboxylic acids is 1. The van der Waals surface area contributed by atoms with Crippen molar-refractivity contribution in [3.05, 3.63) is 42.2 Å². The van der Waals surface area contributed by atoms with Gasteiger partial charge in [-0.1, -0.05) is 0 Å². The molecule has 1 N–H and O–H groups in total. The second-order valence-corrected chi connectivity index (χ2v) is 11.7. The number of halogens is 3. The number of ether oxygens (including phenoxy) is 1. The molecule has 0 bridgehead atoms. The lowest BCUT2D eigenvalue weighted by Crippen LogP contribution is -2.27. The molecule has 2 aromatic carbocycles. The number of rotatable bonds is 9. The SMILES string of the molecule is CSc1cc2c(cc1OC[C@@H](C)C(=O)O)S(=O)(=O)C[C@H](CCC(C)(F)F)CN2c1ccc(F)cc1. The minimum Gasteiger partial charge on any atom is -0.491 e. The molecule has 6 nitrogen and oxygen atoms in total. The first-order chi connectivity index (χ1) is 16.3. The molecule has 192 valence electrons. The number of thioether (sulfide) groups is 1.